The van der Waals surface area contributed by atoms with Crippen molar-refractivity contribution in [3.8, 4) is 11.6 Å². The fraction of sp³-hybridized carbons (Fsp3) is 0.188. The summed E-state index contributed by atoms with van der Waals surface area (Å²) >= 11 is 1.60. The van der Waals surface area contributed by atoms with E-state index >= 15 is 0 Å². The maximum absolute atomic E-state index is 11.0. The standard InChI is InChI=1S/C16H15N3O3S/c1-10(16-18-15(19-22-16)14-4-3-9-21-14)23-13-7-5-12(6-8-13)17-11(2)20/h3-10H,1-2H3,(H,17,20)/t10-/m0/s1. The number of thioether (sulfide) groups is 1. The van der Waals surface area contributed by atoms with E-state index in [-0.39, 0.29) is 11.2 Å². The lowest BCUT2D eigenvalue weighted by Gasteiger charge is -2.07. The van der Waals surface area contributed by atoms with Gasteiger partial charge in [-0.3, -0.25) is 4.79 Å². The van der Waals surface area contributed by atoms with Crippen LogP contribution in [0.25, 0.3) is 11.6 Å². The van der Waals surface area contributed by atoms with Gasteiger partial charge in [0.1, 0.15) is 0 Å². The summed E-state index contributed by atoms with van der Waals surface area (Å²) in [5.41, 5.74) is 0.771. The largest absolute Gasteiger partial charge is 0.461 e. The van der Waals surface area contributed by atoms with E-state index in [0.29, 0.717) is 17.5 Å². The highest BCUT2D eigenvalue weighted by Crippen LogP contribution is 2.35. The molecule has 3 rings (SSSR count). The normalized spacial score (nSPS) is 12.1. The first-order valence-electron chi connectivity index (χ1n) is 7.03. The summed E-state index contributed by atoms with van der Waals surface area (Å²) in [6, 6.07) is 11.2. The van der Waals surface area contributed by atoms with Crippen LogP contribution in [0, 0.1) is 0 Å². The smallest absolute Gasteiger partial charge is 0.240 e. The number of hydrogen-bond acceptors (Lipinski definition) is 6. The molecule has 0 aliphatic heterocycles. The van der Waals surface area contributed by atoms with Crippen LogP contribution in [0.4, 0.5) is 5.69 Å². The molecule has 1 atom stereocenters. The first-order chi connectivity index (χ1) is 11.1. The van der Waals surface area contributed by atoms with Crippen molar-refractivity contribution in [2.45, 2.75) is 24.0 Å². The van der Waals surface area contributed by atoms with Gasteiger partial charge in [0, 0.05) is 17.5 Å². The second-order valence-corrected chi connectivity index (χ2v) is 6.31. The Kier molecular flexibility index (Phi) is 4.47. The lowest BCUT2D eigenvalue weighted by atomic mass is 10.3. The number of aromatic nitrogens is 2. The molecular formula is C16H15N3O3S. The van der Waals surface area contributed by atoms with Crippen LogP contribution in [-0.4, -0.2) is 16.0 Å². The van der Waals surface area contributed by atoms with Crippen molar-refractivity contribution in [1.29, 1.82) is 0 Å². The number of nitrogens with zero attached hydrogens (tertiary/aromatic N) is 2. The number of benzene rings is 1. The molecule has 0 aliphatic rings. The maximum atomic E-state index is 11.0. The summed E-state index contributed by atoms with van der Waals surface area (Å²) in [7, 11) is 0. The van der Waals surface area contributed by atoms with Crippen LogP contribution in [0.2, 0.25) is 0 Å². The Hall–Kier alpha value is -2.54. The van der Waals surface area contributed by atoms with Crippen molar-refractivity contribution in [2.75, 3.05) is 5.32 Å². The molecule has 0 fully saturated rings. The van der Waals surface area contributed by atoms with Crippen molar-refractivity contribution >= 4 is 23.4 Å². The van der Waals surface area contributed by atoms with E-state index in [9.17, 15) is 4.79 Å². The van der Waals surface area contributed by atoms with Crippen molar-refractivity contribution in [3.63, 3.8) is 0 Å². The fourth-order valence-corrected chi connectivity index (χ4v) is 2.88. The molecule has 2 aromatic heterocycles. The highest BCUT2D eigenvalue weighted by Gasteiger charge is 2.17. The van der Waals surface area contributed by atoms with E-state index < -0.39 is 0 Å². The molecule has 0 unspecified atom stereocenters. The third-order valence-electron chi connectivity index (χ3n) is 3.02. The molecule has 0 aliphatic carbocycles. The first-order valence-corrected chi connectivity index (χ1v) is 7.91. The number of anilines is 1. The van der Waals surface area contributed by atoms with Gasteiger partial charge in [0.15, 0.2) is 5.76 Å². The van der Waals surface area contributed by atoms with Crippen LogP contribution in [0.5, 0.6) is 0 Å². The highest BCUT2D eigenvalue weighted by molar-refractivity contribution is 7.99. The Morgan fingerprint density at radius 2 is 2.04 bits per heavy atom. The number of nitrogens with one attached hydrogen (secondary N) is 1. The quantitative estimate of drug-likeness (QED) is 0.708. The van der Waals surface area contributed by atoms with Gasteiger partial charge in [0.05, 0.1) is 11.5 Å². The predicted octanol–water partition coefficient (Wildman–Crippen LogP) is 4.14. The zero-order chi connectivity index (χ0) is 16.2. The Labute approximate surface area is 137 Å². The zero-order valence-electron chi connectivity index (χ0n) is 12.6. The molecule has 3 aromatic rings. The minimum absolute atomic E-state index is 0.00201. The lowest BCUT2D eigenvalue weighted by molar-refractivity contribution is -0.114. The van der Waals surface area contributed by atoms with E-state index in [2.05, 4.69) is 15.5 Å². The van der Waals surface area contributed by atoms with Crippen molar-refractivity contribution in [2.24, 2.45) is 0 Å². The molecule has 0 saturated heterocycles. The number of rotatable bonds is 5. The molecule has 0 bridgehead atoms. The van der Waals surface area contributed by atoms with Crippen molar-refractivity contribution < 1.29 is 13.7 Å². The first kappa shape index (κ1) is 15.4. The minimum atomic E-state index is -0.0879. The van der Waals surface area contributed by atoms with Crippen LogP contribution in [0.3, 0.4) is 0 Å². The molecule has 1 N–H and O–H groups in total. The van der Waals surface area contributed by atoms with Crippen molar-refractivity contribution in [3.05, 3.63) is 48.6 Å². The van der Waals surface area contributed by atoms with Gasteiger partial charge in [-0.05, 0) is 43.3 Å². The van der Waals surface area contributed by atoms with E-state index in [1.807, 2.05) is 31.2 Å². The summed E-state index contributed by atoms with van der Waals surface area (Å²) < 4.78 is 10.5. The van der Waals surface area contributed by atoms with Gasteiger partial charge in [-0.25, -0.2) is 0 Å². The summed E-state index contributed by atoms with van der Waals surface area (Å²) in [5, 5.41) is 6.66. The minimum Gasteiger partial charge on any atom is -0.461 e. The van der Waals surface area contributed by atoms with Gasteiger partial charge in [-0.2, -0.15) is 4.98 Å². The number of furan rings is 1. The second kappa shape index (κ2) is 6.70. The third-order valence-corrected chi connectivity index (χ3v) is 4.12. The molecule has 1 amide bonds. The van der Waals surface area contributed by atoms with E-state index in [0.717, 1.165) is 10.6 Å². The lowest BCUT2D eigenvalue weighted by Crippen LogP contribution is -2.05. The van der Waals surface area contributed by atoms with Gasteiger partial charge < -0.3 is 14.3 Å². The molecule has 6 nitrogen and oxygen atoms in total. The summed E-state index contributed by atoms with van der Waals surface area (Å²) in [6.45, 7) is 3.47. The summed E-state index contributed by atoms with van der Waals surface area (Å²) in [4.78, 5) is 16.4. The van der Waals surface area contributed by atoms with Crippen LogP contribution in [-0.2, 0) is 4.79 Å². The molecule has 2 heterocycles. The summed E-state index contributed by atoms with van der Waals surface area (Å²) in [6.07, 6.45) is 1.57. The Balaban J connectivity index is 1.67. The number of carbonyl (C=O) groups excluding carboxylic acids is 1. The summed E-state index contributed by atoms with van der Waals surface area (Å²) in [5.74, 6) is 1.47. The maximum Gasteiger partial charge on any atom is 0.240 e. The highest BCUT2D eigenvalue weighted by atomic mass is 32.2. The monoisotopic (exact) mass is 329 g/mol. The predicted molar refractivity (Wildman–Crippen MR) is 87.0 cm³/mol. The van der Waals surface area contributed by atoms with Crippen LogP contribution >= 0.6 is 11.8 Å². The molecule has 118 valence electrons. The molecular weight excluding hydrogens is 314 g/mol. The van der Waals surface area contributed by atoms with Crippen LogP contribution < -0.4 is 5.32 Å². The number of hydrogen-bond donors (Lipinski definition) is 1. The molecule has 1 aromatic carbocycles. The Morgan fingerprint density at radius 3 is 2.70 bits per heavy atom. The van der Waals surface area contributed by atoms with Gasteiger partial charge in [-0.15, -0.1) is 11.8 Å². The van der Waals surface area contributed by atoms with Crippen LogP contribution in [0.15, 0.2) is 56.5 Å². The zero-order valence-corrected chi connectivity index (χ0v) is 13.5. The average Bonchev–Trinajstić information content (AvgIpc) is 3.19. The Bertz CT molecular complexity index is 781. The SMILES string of the molecule is CC(=O)Nc1ccc(S[C@@H](C)c2nc(-c3ccco3)no2)cc1. The van der Waals surface area contributed by atoms with E-state index in [1.54, 1.807) is 30.2 Å². The van der Waals surface area contributed by atoms with E-state index in [1.165, 1.54) is 6.92 Å². The van der Waals surface area contributed by atoms with Crippen molar-refractivity contribution in [1.82, 2.24) is 10.1 Å². The molecule has 23 heavy (non-hydrogen) atoms. The van der Waals surface area contributed by atoms with E-state index in [4.69, 9.17) is 8.94 Å². The van der Waals surface area contributed by atoms with Gasteiger partial charge in [0.25, 0.3) is 0 Å². The molecule has 0 saturated carbocycles. The average molecular weight is 329 g/mol. The van der Waals surface area contributed by atoms with Crippen LogP contribution in [0.1, 0.15) is 25.0 Å². The van der Waals surface area contributed by atoms with Gasteiger partial charge >= 0.3 is 0 Å². The molecule has 0 radical (unpaired) electrons. The third kappa shape index (κ3) is 3.81. The fourth-order valence-electron chi connectivity index (χ4n) is 1.98. The second-order valence-electron chi connectivity index (χ2n) is 4.90. The molecule has 0 spiro atoms. The number of amides is 1. The Morgan fingerprint density at radius 1 is 1.26 bits per heavy atom. The van der Waals surface area contributed by atoms with Gasteiger partial charge in [0.2, 0.25) is 17.6 Å². The molecule has 7 heteroatoms. The van der Waals surface area contributed by atoms with Gasteiger partial charge in [-0.1, -0.05) is 5.16 Å². The topological polar surface area (TPSA) is 81.2 Å². The number of carbonyl (C=O) groups is 1.